The number of halogens is 1. The Hall–Kier alpha value is -2.38. The molecule has 138 valence electrons. The number of amides is 2. The summed E-state index contributed by atoms with van der Waals surface area (Å²) in [5, 5.41) is 6.96. The van der Waals surface area contributed by atoms with Gasteiger partial charge in [0.05, 0.1) is 11.9 Å². The first-order valence-corrected chi connectivity index (χ1v) is 8.43. The molecular formula is C18H22ClN5O2. The van der Waals surface area contributed by atoms with Crippen molar-refractivity contribution in [2.24, 2.45) is 12.8 Å². The molecule has 2 aliphatic rings. The lowest BCUT2D eigenvalue weighted by molar-refractivity contribution is -0.130. The third kappa shape index (κ3) is 3.08. The lowest BCUT2D eigenvalue weighted by Gasteiger charge is -2.24. The van der Waals surface area contributed by atoms with Crippen molar-refractivity contribution in [2.45, 2.75) is 30.8 Å². The van der Waals surface area contributed by atoms with Crippen LogP contribution in [0, 0.1) is 0 Å². The molecule has 7 nitrogen and oxygen atoms in total. The Morgan fingerprint density at radius 1 is 1.31 bits per heavy atom. The lowest BCUT2D eigenvalue weighted by Crippen LogP contribution is -2.58. The predicted molar refractivity (Wildman–Crippen MR) is 100 cm³/mol. The molecule has 3 N–H and O–H groups in total. The molecule has 0 spiro atoms. The number of carbonyl (C=O) groups is 2. The molecular weight excluding hydrogens is 354 g/mol. The van der Waals surface area contributed by atoms with Crippen molar-refractivity contribution < 1.29 is 9.59 Å². The zero-order valence-electron chi connectivity index (χ0n) is 14.5. The Balaban J connectivity index is 0.00000196. The molecule has 1 aliphatic carbocycles. The Bertz CT molecular complexity index is 825. The van der Waals surface area contributed by atoms with E-state index in [4.69, 9.17) is 5.73 Å². The molecule has 2 aromatic rings. The number of aryl methyl sites for hydroxylation is 1. The molecule has 1 saturated heterocycles. The minimum Gasteiger partial charge on any atom is -0.343 e. The van der Waals surface area contributed by atoms with Crippen molar-refractivity contribution in [1.29, 1.82) is 0 Å². The van der Waals surface area contributed by atoms with Gasteiger partial charge in [-0.05, 0) is 30.4 Å². The van der Waals surface area contributed by atoms with E-state index < -0.39 is 11.6 Å². The van der Waals surface area contributed by atoms with Crippen molar-refractivity contribution in [1.82, 2.24) is 15.1 Å². The number of benzene rings is 1. The molecule has 26 heavy (non-hydrogen) atoms. The van der Waals surface area contributed by atoms with Gasteiger partial charge in [0, 0.05) is 19.8 Å². The number of aromatic nitrogens is 2. The van der Waals surface area contributed by atoms with Crippen LogP contribution >= 0.6 is 12.4 Å². The summed E-state index contributed by atoms with van der Waals surface area (Å²) in [7, 11) is 1.80. The quantitative estimate of drug-likeness (QED) is 0.819. The topological polar surface area (TPSA) is 93.2 Å². The predicted octanol–water partition coefficient (Wildman–Crippen LogP) is 0.560. The van der Waals surface area contributed by atoms with Gasteiger partial charge in [0.15, 0.2) is 0 Å². The fourth-order valence-corrected chi connectivity index (χ4v) is 3.73. The smallest absolute Gasteiger partial charge is 0.249 e. The maximum atomic E-state index is 12.8. The van der Waals surface area contributed by atoms with Crippen LogP contribution in [0.15, 0.2) is 36.7 Å². The number of nitrogens with one attached hydrogen (secondary N) is 1. The van der Waals surface area contributed by atoms with Crippen molar-refractivity contribution >= 4 is 29.9 Å². The van der Waals surface area contributed by atoms with Gasteiger partial charge in [-0.25, -0.2) is 0 Å². The van der Waals surface area contributed by atoms with Crippen molar-refractivity contribution in [2.75, 3.05) is 11.4 Å². The monoisotopic (exact) mass is 375 g/mol. The molecule has 0 saturated carbocycles. The van der Waals surface area contributed by atoms with Crippen LogP contribution in [-0.2, 0) is 29.5 Å². The summed E-state index contributed by atoms with van der Waals surface area (Å²) in [4.78, 5) is 27.0. The molecule has 1 aromatic heterocycles. The largest absolute Gasteiger partial charge is 0.343 e. The zero-order valence-corrected chi connectivity index (χ0v) is 15.3. The summed E-state index contributed by atoms with van der Waals surface area (Å²) in [5.74, 6) is -0.365. The summed E-state index contributed by atoms with van der Waals surface area (Å²) < 4.78 is 1.65. The number of nitrogens with zero attached hydrogens (tertiary/aromatic N) is 3. The van der Waals surface area contributed by atoms with E-state index in [1.54, 1.807) is 29.0 Å². The number of carbonyl (C=O) groups excluding carboxylic acids is 2. The van der Waals surface area contributed by atoms with Gasteiger partial charge < -0.3 is 16.0 Å². The minimum absolute atomic E-state index is 0. The summed E-state index contributed by atoms with van der Waals surface area (Å²) in [5.41, 5.74) is 8.36. The van der Waals surface area contributed by atoms with Gasteiger partial charge in [-0.1, -0.05) is 24.3 Å². The van der Waals surface area contributed by atoms with Gasteiger partial charge in [-0.3, -0.25) is 14.3 Å². The number of rotatable bonds is 3. The Morgan fingerprint density at radius 2 is 1.96 bits per heavy atom. The molecule has 0 bridgehead atoms. The number of hydrogen-bond donors (Lipinski definition) is 2. The SMILES string of the molecule is Cl.Cn1cc(N2CCC(NC(=O)C3(N)Cc4ccccc4C3)C2=O)cn1. The maximum absolute atomic E-state index is 12.8. The van der Waals surface area contributed by atoms with Crippen LogP contribution in [0.2, 0.25) is 0 Å². The van der Waals surface area contributed by atoms with Crippen LogP contribution < -0.4 is 16.0 Å². The second kappa shape index (κ2) is 6.74. The molecule has 1 aromatic carbocycles. The van der Waals surface area contributed by atoms with Gasteiger partial charge in [-0.15, -0.1) is 12.4 Å². The minimum atomic E-state index is -0.980. The molecule has 4 rings (SSSR count). The van der Waals surface area contributed by atoms with Crippen LogP contribution in [0.1, 0.15) is 17.5 Å². The van der Waals surface area contributed by atoms with Crippen LogP contribution in [0.5, 0.6) is 0 Å². The summed E-state index contributed by atoms with van der Waals surface area (Å²) in [6.45, 7) is 0.563. The molecule has 2 amide bonds. The van der Waals surface area contributed by atoms with Crippen LogP contribution in [0.3, 0.4) is 0 Å². The zero-order chi connectivity index (χ0) is 17.6. The average Bonchev–Trinajstić information content (AvgIpc) is 3.25. The van der Waals surface area contributed by atoms with Gasteiger partial charge in [-0.2, -0.15) is 5.10 Å². The second-order valence-electron chi connectivity index (χ2n) is 6.96. The van der Waals surface area contributed by atoms with Crippen molar-refractivity contribution in [3.8, 4) is 0 Å². The lowest BCUT2D eigenvalue weighted by atomic mass is 9.95. The number of fused-ring (bicyclic) bond motifs is 1. The highest BCUT2D eigenvalue weighted by Gasteiger charge is 2.43. The van der Waals surface area contributed by atoms with E-state index in [9.17, 15) is 9.59 Å². The summed E-state index contributed by atoms with van der Waals surface area (Å²) in [6.07, 6.45) is 5.02. The molecule has 1 atom stereocenters. The third-order valence-corrected chi connectivity index (χ3v) is 5.10. The second-order valence-corrected chi connectivity index (χ2v) is 6.96. The molecule has 8 heteroatoms. The first-order valence-electron chi connectivity index (χ1n) is 8.43. The van der Waals surface area contributed by atoms with Crippen molar-refractivity contribution in [3.63, 3.8) is 0 Å². The van der Waals surface area contributed by atoms with Gasteiger partial charge in [0.2, 0.25) is 11.8 Å². The Labute approximate surface area is 157 Å². The summed E-state index contributed by atoms with van der Waals surface area (Å²) in [6, 6.07) is 7.38. The molecule has 1 unspecified atom stereocenters. The van der Waals surface area contributed by atoms with E-state index in [0.717, 1.165) is 16.8 Å². The molecule has 1 aliphatic heterocycles. The average molecular weight is 376 g/mol. The van der Waals surface area contributed by atoms with Gasteiger partial charge in [0.1, 0.15) is 11.6 Å². The number of hydrogen-bond acceptors (Lipinski definition) is 4. The van der Waals surface area contributed by atoms with E-state index in [2.05, 4.69) is 10.4 Å². The first-order chi connectivity index (χ1) is 12.0. The highest BCUT2D eigenvalue weighted by Crippen LogP contribution is 2.29. The van der Waals surface area contributed by atoms with Crippen LogP contribution in [-0.4, -0.2) is 39.7 Å². The fourth-order valence-electron chi connectivity index (χ4n) is 3.73. The molecule has 0 radical (unpaired) electrons. The van der Waals surface area contributed by atoms with Crippen LogP contribution in [0.4, 0.5) is 5.69 Å². The standard InChI is InChI=1S/C18H21N5O2.ClH/c1-22-11-14(10-20-22)23-7-6-15(16(23)24)21-17(25)18(19)8-12-4-2-3-5-13(12)9-18;/h2-5,10-11,15H,6-9,19H2,1H3,(H,21,25);1H. The highest BCUT2D eigenvalue weighted by atomic mass is 35.5. The first kappa shape index (κ1) is 18.4. The van der Waals surface area contributed by atoms with Crippen molar-refractivity contribution in [3.05, 3.63) is 47.8 Å². The fraction of sp³-hybridized carbons (Fsp3) is 0.389. The van der Waals surface area contributed by atoms with E-state index in [1.165, 1.54) is 0 Å². The summed E-state index contributed by atoms with van der Waals surface area (Å²) >= 11 is 0. The Morgan fingerprint density at radius 3 is 2.54 bits per heavy atom. The van der Waals surface area contributed by atoms with E-state index in [-0.39, 0.29) is 24.2 Å². The van der Waals surface area contributed by atoms with Gasteiger partial charge in [0.25, 0.3) is 0 Å². The van der Waals surface area contributed by atoms with E-state index >= 15 is 0 Å². The highest BCUT2D eigenvalue weighted by molar-refractivity contribution is 6.02. The maximum Gasteiger partial charge on any atom is 0.249 e. The Kier molecular flexibility index (Phi) is 4.77. The normalized spacial score (nSPS) is 20.6. The third-order valence-electron chi connectivity index (χ3n) is 5.10. The van der Waals surface area contributed by atoms with E-state index in [0.29, 0.717) is 25.8 Å². The number of nitrogens with two attached hydrogens (primary N) is 1. The van der Waals surface area contributed by atoms with Crippen LogP contribution in [0.25, 0.3) is 0 Å². The molecule has 1 fully saturated rings. The molecule has 2 heterocycles. The van der Waals surface area contributed by atoms with E-state index in [1.807, 2.05) is 24.3 Å². The van der Waals surface area contributed by atoms with Gasteiger partial charge >= 0.3 is 0 Å². The number of anilines is 1.